The first-order chi connectivity index (χ1) is 35.7. The van der Waals surface area contributed by atoms with Crippen LogP contribution in [0.5, 0.6) is 17.2 Å². The van der Waals surface area contributed by atoms with Crippen LogP contribution in [0.25, 0.3) is 59.9 Å². The first-order valence-corrected chi connectivity index (χ1v) is 26.9. The lowest BCUT2D eigenvalue weighted by molar-refractivity contribution is 0.0221. The highest BCUT2D eigenvalue weighted by Gasteiger charge is 2.30. The summed E-state index contributed by atoms with van der Waals surface area (Å²) in [7, 11) is 0. The molecule has 0 spiro atoms. The van der Waals surface area contributed by atoms with Gasteiger partial charge in [0, 0.05) is 87.8 Å². The predicted molar refractivity (Wildman–Crippen MR) is 297 cm³/mol. The first-order valence-electron chi connectivity index (χ1n) is 23.0. The molecule has 8 aromatic rings. The maximum Gasteiger partial charge on any atom is 0.262 e. The molecule has 5 aromatic heterocycles. The zero-order valence-electron chi connectivity index (χ0n) is 39.5. The van der Waals surface area contributed by atoms with Crippen LogP contribution in [0.2, 0.25) is 30.1 Å². The predicted octanol–water partition coefficient (Wildman–Crippen LogP) is 12.7. The van der Waals surface area contributed by atoms with E-state index in [-0.39, 0.29) is 22.7 Å². The van der Waals surface area contributed by atoms with E-state index in [4.69, 9.17) is 101 Å². The summed E-state index contributed by atoms with van der Waals surface area (Å²) in [6.45, 7) is 7.62. The Hall–Kier alpha value is -5.77. The number of benzene rings is 3. The first kappa shape index (κ1) is 52.7. The number of carbonyl (C=O) groups is 1. The molecule has 8 heterocycles. The van der Waals surface area contributed by atoms with E-state index in [1.54, 1.807) is 35.6 Å². The summed E-state index contributed by atoms with van der Waals surface area (Å²) in [5.41, 5.74) is 26.1. The zero-order chi connectivity index (χ0) is 53.2. The number of halogens is 8. The van der Waals surface area contributed by atoms with Gasteiger partial charge in [0.15, 0.2) is 0 Å². The molecule has 75 heavy (non-hydrogen) atoms. The molecule has 12 rings (SSSR count). The quantitative estimate of drug-likeness (QED) is 0.0907. The van der Waals surface area contributed by atoms with Gasteiger partial charge in [-0.25, -0.2) is 38.7 Å². The van der Waals surface area contributed by atoms with Crippen molar-refractivity contribution in [1.82, 2.24) is 40.5 Å². The van der Waals surface area contributed by atoms with Crippen LogP contribution in [0.4, 0.5) is 26.6 Å². The lowest BCUT2D eigenvalue weighted by atomic mass is 10.00. The molecule has 0 atom stereocenters. The molecular formula is C50H41Cl6F2N11O4S2. The van der Waals surface area contributed by atoms with E-state index in [0.29, 0.717) is 113 Å². The summed E-state index contributed by atoms with van der Waals surface area (Å²) in [4.78, 5) is 40.6. The van der Waals surface area contributed by atoms with Crippen molar-refractivity contribution in [3.05, 3.63) is 105 Å². The van der Waals surface area contributed by atoms with Crippen LogP contribution in [0, 0.1) is 6.92 Å². The van der Waals surface area contributed by atoms with E-state index in [9.17, 15) is 13.6 Å². The van der Waals surface area contributed by atoms with E-state index < -0.39 is 18.4 Å². The maximum atomic E-state index is 13.1. The lowest BCUT2D eigenvalue weighted by Crippen LogP contribution is -2.34. The number of amides is 1. The number of hydrogen-bond donors (Lipinski definition) is 5. The smallest absolute Gasteiger partial charge is 0.262 e. The highest BCUT2D eigenvalue weighted by molar-refractivity contribution is 7.20. The van der Waals surface area contributed by atoms with Crippen molar-refractivity contribution >= 4 is 142 Å². The molecule has 15 nitrogen and oxygen atoms in total. The van der Waals surface area contributed by atoms with Crippen LogP contribution >= 0.6 is 92.3 Å². The minimum atomic E-state index is -3.01. The summed E-state index contributed by atoms with van der Waals surface area (Å²) in [6, 6.07) is 10.9. The molecule has 4 aliphatic rings. The van der Waals surface area contributed by atoms with Gasteiger partial charge in [-0.1, -0.05) is 76.2 Å². The van der Waals surface area contributed by atoms with Crippen LogP contribution < -0.4 is 42.0 Å². The molecule has 1 saturated carbocycles. The Morgan fingerprint density at radius 2 is 1.09 bits per heavy atom. The van der Waals surface area contributed by atoms with Crippen molar-refractivity contribution < 1.29 is 27.8 Å². The van der Waals surface area contributed by atoms with Gasteiger partial charge in [0.2, 0.25) is 17.8 Å². The van der Waals surface area contributed by atoms with Crippen LogP contribution in [0.15, 0.2) is 43.0 Å². The summed E-state index contributed by atoms with van der Waals surface area (Å²) in [5.74, 6) is -1.30. The summed E-state index contributed by atoms with van der Waals surface area (Å²) < 4.78 is 43.0. The van der Waals surface area contributed by atoms with Gasteiger partial charge in [0.25, 0.3) is 11.8 Å². The van der Waals surface area contributed by atoms with Gasteiger partial charge in [0.05, 0.1) is 83.3 Å². The second kappa shape index (κ2) is 21.0. The van der Waals surface area contributed by atoms with E-state index in [1.807, 2.05) is 13.0 Å². The molecule has 1 amide bonds. The fourth-order valence-electron chi connectivity index (χ4n) is 8.80. The number of thiophene rings is 2. The van der Waals surface area contributed by atoms with E-state index in [2.05, 4.69) is 53.2 Å². The lowest BCUT2D eigenvalue weighted by Gasteiger charge is -2.12. The Morgan fingerprint density at radius 1 is 0.653 bits per heavy atom. The number of anilines is 3. The molecule has 1 aliphatic carbocycles. The summed E-state index contributed by atoms with van der Waals surface area (Å²) in [5, 5.41) is 9.98. The molecule has 0 saturated heterocycles. The number of nitrogens with one attached hydrogen (secondary N) is 2. The number of ether oxygens (including phenoxy) is 3. The maximum absolute atomic E-state index is 13.1. The van der Waals surface area contributed by atoms with E-state index >= 15 is 0 Å². The number of aryl methyl sites for hydroxylation is 1. The number of nitrogen functional groups attached to an aromatic ring is 3. The van der Waals surface area contributed by atoms with Gasteiger partial charge >= 0.3 is 0 Å². The SMILES string of the molecule is C=C(NC1CC1)c1cc2c(-c3c(Cl)cc(Cl)c4c3CCO4)nc(N)nc2s1.CC(F)(F)CNC(=O)c1cc2c(-c3c(Cl)cc(Cl)c4c3CCO4)nc(N)nc2s1.Cc1cc(-c2c(Cl)cc(Cl)c3c2CCO3)nc(N)n1. The van der Waals surface area contributed by atoms with Crippen molar-refractivity contribution in [3.8, 4) is 51.0 Å². The van der Waals surface area contributed by atoms with E-state index in [0.717, 1.165) is 85.4 Å². The monoisotopic (exact) mass is 1170 g/mol. The largest absolute Gasteiger partial charge is 0.491 e. The van der Waals surface area contributed by atoms with Gasteiger partial charge in [0.1, 0.15) is 26.9 Å². The Bertz CT molecular complexity index is 3650. The minimum Gasteiger partial charge on any atom is -0.491 e. The van der Waals surface area contributed by atoms with Crippen LogP contribution in [0.3, 0.4) is 0 Å². The third kappa shape index (κ3) is 11.0. The number of aromatic nitrogens is 6. The Morgan fingerprint density at radius 3 is 1.56 bits per heavy atom. The molecular weight excluding hydrogens is 1130 g/mol. The van der Waals surface area contributed by atoms with Gasteiger partial charge in [-0.3, -0.25) is 4.79 Å². The number of nitrogens with zero attached hydrogens (tertiary/aromatic N) is 6. The minimum absolute atomic E-state index is 0.0000756. The number of alkyl halides is 2. The number of carbonyl (C=O) groups excluding carboxylic acids is 1. The van der Waals surface area contributed by atoms with Crippen molar-refractivity contribution in [1.29, 1.82) is 0 Å². The molecule has 0 bridgehead atoms. The van der Waals surface area contributed by atoms with Crippen LogP contribution in [-0.4, -0.2) is 74.1 Å². The van der Waals surface area contributed by atoms with E-state index in [1.165, 1.54) is 12.8 Å². The second-order valence-corrected chi connectivity index (χ2v) is 22.3. The molecule has 388 valence electrons. The number of fused-ring (bicyclic) bond motifs is 5. The van der Waals surface area contributed by atoms with Crippen molar-refractivity contribution in [2.45, 2.75) is 57.9 Å². The molecule has 3 aliphatic heterocycles. The van der Waals surface area contributed by atoms with Gasteiger partial charge in [-0.05, 0) is 56.2 Å². The van der Waals surface area contributed by atoms with Crippen molar-refractivity contribution in [2.75, 3.05) is 43.6 Å². The summed E-state index contributed by atoms with van der Waals surface area (Å²) in [6.07, 6.45) is 4.44. The zero-order valence-corrected chi connectivity index (χ0v) is 45.7. The van der Waals surface area contributed by atoms with Crippen molar-refractivity contribution in [3.63, 3.8) is 0 Å². The Balaban J connectivity index is 0.000000131. The second-order valence-electron chi connectivity index (χ2n) is 17.8. The highest BCUT2D eigenvalue weighted by atomic mass is 35.5. The fraction of sp³-hybridized carbons (Fsp3) is 0.260. The fourth-order valence-corrected chi connectivity index (χ4v) is 12.7. The topological polar surface area (TPSA) is 224 Å². The third-order valence-electron chi connectivity index (χ3n) is 12.1. The van der Waals surface area contributed by atoms with Crippen molar-refractivity contribution in [2.24, 2.45) is 0 Å². The molecule has 8 N–H and O–H groups in total. The molecule has 1 fully saturated rings. The highest BCUT2D eigenvalue weighted by Crippen LogP contribution is 2.49. The molecule has 3 aromatic carbocycles. The Labute approximate surface area is 465 Å². The summed E-state index contributed by atoms with van der Waals surface area (Å²) >= 11 is 40.6. The van der Waals surface area contributed by atoms with Gasteiger partial charge in [-0.15, -0.1) is 22.7 Å². The van der Waals surface area contributed by atoms with Gasteiger partial charge in [-0.2, -0.15) is 0 Å². The van der Waals surface area contributed by atoms with Crippen LogP contribution in [0.1, 0.15) is 56.7 Å². The van der Waals surface area contributed by atoms with Gasteiger partial charge < -0.3 is 42.0 Å². The Kier molecular flexibility index (Phi) is 14.7. The normalized spacial score (nSPS) is 14.2. The molecule has 0 radical (unpaired) electrons. The average molecular weight is 1170 g/mol. The number of rotatable bonds is 9. The molecule has 0 unspecified atom stereocenters. The third-order valence-corrected chi connectivity index (χ3v) is 16.0. The number of nitrogens with two attached hydrogens (primary N) is 3. The average Bonchev–Trinajstić information content (AvgIpc) is 3.96. The number of hydrogen-bond acceptors (Lipinski definition) is 16. The standard InChI is InChI=1S/C19H16Cl2N4OS.C18H14Cl2F2N4O2S.C13H11Cl2N3O/c1-8(23-9-2-3-9)14-6-11-16(24-19(22)25-18(11)27-14)15-10-4-5-26-17(10)13(21)7-12(15)20;1-18(21,22)6-24-15(27)11-4-8-13(25-17(23)26-16(8)29-11)12-7-2-3-28-14(7)10(20)5-9(12)19;1-6-4-10(18-13(16)17-6)11-7-2-3-19-12(7)9(15)5-8(11)14/h6-7,9,23H,1-5H2,(H2,22,24,25);4-5H,2-3,6H2,1H3,(H,24,27)(H2,23,25,26);4-5H,2-3H2,1H3,(H2,16,17,18). The molecule has 25 heteroatoms. The van der Waals surface area contributed by atoms with Crippen LogP contribution in [-0.2, 0) is 19.3 Å².